The lowest BCUT2D eigenvalue weighted by Gasteiger charge is -2.38. The molecule has 0 bridgehead atoms. The molecular weight excluding hydrogens is 368 g/mol. The molecule has 4 aliphatic rings. The van der Waals surface area contributed by atoms with Crippen molar-refractivity contribution in [1.29, 1.82) is 0 Å². The Kier molecular flexibility index (Phi) is 3.95. The summed E-state index contributed by atoms with van der Waals surface area (Å²) in [5, 5.41) is 13.3. The van der Waals surface area contributed by atoms with Gasteiger partial charge in [-0.3, -0.25) is 9.79 Å². The quantitative estimate of drug-likeness (QED) is 0.665. The van der Waals surface area contributed by atoms with Crippen LogP contribution in [0.2, 0.25) is 0 Å². The van der Waals surface area contributed by atoms with E-state index in [1.54, 1.807) is 12.4 Å². The SMILES string of the molecule is CC1(C)C(=O)Nc2cc(NC3=N[N+]4(N5CCC[C@@H](N)C5)C=CN=CC4=N3)ccc21. The molecule has 4 aliphatic heterocycles. The van der Waals surface area contributed by atoms with E-state index in [4.69, 9.17) is 10.8 Å². The van der Waals surface area contributed by atoms with E-state index in [0.29, 0.717) is 5.96 Å². The number of aliphatic imine (C=N–C) groups is 2. The van der Waals surface area contributed by atoms with E-state index in [9.17, 15) is 4.79 Å². The highest BCUT2D eigenvalue weighted by atomic mass is 16.2. The van der Waals surface area contributed by atoms with Gasteiger partial charge in [0, 0.05) is 17.4 Å². The van der Waals surface area contributed by atoms with Crippen LogP contribution in [0, 0.1) is 0 Å². The van der Waals surface area contributed by atoms with E-state index in [-0.39, 0.29) is 16.7 Å². The molecule has 29 heavy (non-hydrogen) atoms. The maximum absolute atomic E-state index is 12.2. The number of guanidine groups is 1. The van der Waals surface area contributed by atoms with E-state index in [1.807, 2.05) is 38.2 Å². The Balaban J connectivity index is 1.44. The molecule has 9 heteroatoms. The standard InChI is InChI=1S/C20H24N8O/c1-20(2)15-6-5-14(10-16(15)24-18(20)29)23-19-25-17-11-22-7-9-28(17,26-19)27-8-3-4-13(21)12-27/h5-7,9-11,13H,3-4,8,12,21H2,1-2H3,(H-,23,24,26,29)/p+1/t13-,28?/m1/s1. The molecule has 0 spiro atoms. The average Bonchev–Trinajstić information content (AvgIpc) is 3.17. The van der Waals surface area contributed by atoms with Gasteiger partial charge in [-0.2, -0.15) is 0 Å². The van der Waals surface area contributed by atoms with Crippen LogP contribution in [0.25, 0.3) is 0 Å². The number of hydrogen-bond acceptors (Lipinski definition) is 7. The molecule has 4 heterocycles. The number of piperidine rings is 1. The first kappa shape index (κ1) is 18.2. The van der Waals surface area contributed by atoms with Crippen molar-refractivity contribution in [3.8, 4) is 0 Å². The van der Waals surface area contributed by atoms with Crippen LogP contribution in [0.3, 0.4) is 0 Å². The Labute approximate surface area is 169 Å². The molecular formula is C20H25N8O+. The molecule has 5 rings (SSSR count). The molecule has 0 aromatic heterocycles. The molecule has 9 nitrogen and oxygen atoms in total. The number of quaternary nitrogens is 1. The fraction of sp³-hybridized carbons (Fsp3) is 0.400. The van der Waals surface area contributed by atoms with Crippen molar-refractivity contribution >= 4 is 35.3 Å². The maximum atomic E-state index is 12.2. The summed E-state index contributed by atoms with van der Waals surface area (Å²) in [7, 11) is 0. The third kappa shape index (κ3) is 2.81. The predicted molar refractivity (Wildman–Crippen MR) is 113 cm³/mol. The second kappa shape index (κ2) is 6.31. The molecule has 1 fully saturated rings. The number of nitrogens with zero attached hydrogens (tertiary/aromatic N) is 5. The molecule has 0 aliphatic carbocycles. The first-order valence-electron chi connectivity index (χ1n) is 9.92. The van der Waals surface area contributed by atoms with Gasteiger partial charge in [-0.25, -0.2) is 0 Å². The molecule has 1 aromatic rings. The monoisotopic (exact) mass is 393 g/mol. The van der Waals surface area contributed by atoms with Crippen LogP contribution < -0.4 is 16.4 Å². The summed E-state index contributed by atoms with van der Waals surface area (Å²) in [5.74, 6) is 1.24. The number of nitrogens with one attached hydrogen (secondary N) is 2. The van der Waals surface area contributed by atoms with Crippen molar-refractivity contribution < 1.29 is 9.50 Å². The molecule has 1 amide bonds. The fourth-order valence-electron chi connectivity index (χ4n) is 4.29. The lowest BCUT2D eigenvalue weighted by Crippen LogP contribution is -2.61. The van der Waals surface area contributed by atoms with Gasteiger partial charge in [-0.15, -0.1) is 10.0 Å². The largest absolute Gasteiger partial charge is 0.326 e. The highest BCUT2D eigenvalue weighted by Crippen LogP contribution is 2.38. The minimum absolute atomic E-state index is 0.00697. The Hall–Kier alpha value is -2.88. The van der Waals surface area contributed by atoms with Crippen LogP contribution in [0.15, 0.2) is 45.7 Å². The minimum Gasteiger partial charge on any atom is -0.326 e. The lowest BCUT2D eigenvalue weighted by atomic mass is 9.86. The second-order valence-electron chi connectivity index (χ2n) is 8.40. The van der Waals surface area contributed by atoms with Gasteiger partial charge >= 0.3 is 5.84 Å². The number of carbonyl (C=O) groups is 1. The van der Waals surface area contributed by atoms with Crippen LogP contribution in [0.4, 0.5) is 11.4 Å². The Bertz CT molecular complexity index is 1010. The number of amides is 1. The number of carbonyl (C=O) groups excluding carboxylic acids is 1. The number of benzene rings is 1. The number of anilines is 2. The predicted octanol–water partition coefficient (Wildman–Crippen LogP) is 1.72. The van der Waals surface area contributed by atoms with Gasteiger partial charge in [0.2, 0.25) is 5.91 Å². The summed E-state index contributed by atoms with van der Waals surface area (Å²) in [5.41, 5.74) is 8.31. The van der Waals surface area contributed by atoms with E-state index >= 15 is 0 Å². The second-order valence-corrected chi connectivity index (χ2v) is 8.40. The highest BCUT2D eigenvalue weighted by Gasteiger charge is 2.48. The number of fused-ring (bicyclic) bond motifs is 2. The van der Waals surface area contributed by atoms with Gasteiger partial charge in [0.1, 0.15) is 6.21 Å². The van der Waals surface area contributed by atoms with Crippen LogP contribution in [0.5, 0.6) is 0 Å². The van der Waals surface area contributed by atoms with E-state index in [2.05, 4.69) is 25.6 Å². The zero-order valence-electron chi connectivity index (χ0n) is 16.6. The number of hydrogen-bond donors (Lipinski definition) is 3. The zero-order chi connectivity index (χ0) is 20.2. The van der Waals surface area contributed by atoms with Crippen LogP contribution in [-0.4, -0.2) is 52.8 Å². The van der Waals surface area contributed by atoms with E-state index < -0.39 is 5.41 Å². The first-order valence-corrected chi connectivity index (χ1v) is 9.92. The topological polar surface area (TPSA) is 107 Å². The first-order chi connectivity index (χ1) is 13.9. The minimum atomic E-state index is -0.525. The number of amidine groups is 1. The Morgan fingerprint density at radius 3 is 3.07 bits per heavy atom. The Morgan fingerprint density at radius 2 is 2.24 bits per heavy atom. The molecule has 0 saturated carbocycles. The van der Waals surface area contributed by atoms with Crippen molar-refractivity contribution in [2.75, 3.05) is 23.7 Å². The van der Waals surface area contributed by atoms with Gasteiger partial charge in [0.25, 0.3) is 5.96 Å². The van der Waals surface area contributed by atoms with Gasteiger partial charge in [0.15, 0.2) is 6.20 Å². The smallest absolute Gasteiger partial charge is 0.301 e. The zero-order valence-corrected chi connectivity index (χ0v) is 16.6. The summed E-state index contributed by atoms with van der Waals surface area (Å²) >= 11 is 0. The third-order valence-corrected chi connectivity index (χ3v) is 5.99. The van der Waals surface area contributed by atoms with E-state index in [1.165, 1.54) is 0 Å². The average molecular weight is 393 g/mol. The molecule has 1 unspecified atom stereocenters. The number of nitrogens with two attached hydrogens (primary N) is 1. The van der Waals surface area contributed by atoms with Crippen molar-refractivity contribution in [1.82, 2.24) is 5.01 Å². The molecule has 1 aromatic carbocycles. The summed E-state index contributed by atoms with van der Waals surface area (Å²) in [6.45, 7) is 5.49. The Morgan fingerprint density at radius 1 is 1.38 bits per heavy atom. The number of rotatable bonds is 2. The third-order valence-electron chi connectivity index (χ3n) is 5.99. The fourth-order valence-corrected chi connectivity index (χ4v) is 4.29. The van der Waals surface area contributed by atoms with Crippen molar-refractivity contribution in [3.05, 3.63) is 36.2 Å². The van der Waals surface area contributed by atoms with Crippen molar-refractivity contribution in [3.63, 3.8) is 0 Å². The molecule has 1 saturated heterocycles. The molecule has 4 N–H and O–H groups in total. The van der Waals surface area contributed by atoms with Gasteiger partial charge in [0.05, 0.1) is 24.7 Å². The molecule has 2 atom stereocenters. The molecule has 150 valence electrons. The van der Waals surface area contributed by atoms with Crippen molar-refractivity contribution in [2.45, 2.75) is 38.1 Å². The highest BCUT2D eigenvalue weighted by molar-refractivity contribution is 6.30. The van der Waals surface area contributed by atoms with Crippen molar-refractivity contribution in [2.24, 2.45) is 20.8 Å². The summed E-state index contributed by atoms with van der Waals surface area (Å²) in [4.78, 5) is 21.1. The van der Waals surface area contributed by atoms with Crippen LogP contribution in [-0.2, 0) is 10.2 Å². The normalized spacial score (nSPS) is 29.8. The summed E-state index contributed by atoms with van der Waals surface area (Å²) < 4.78 is 0.161. The van der Waals surface area contributed by atoms with E-state index in [0.717, 1.165) is 48.7 Å². The lowest BCUT2D eigenvalue weighted by molar-refractivity contribution is -0.918. The van der Waals surface area contributed by atoms with Crippen LogP contribution >= 0.6 is 0 Å². The van der Waals surface area contributed by atoms with Gasteiger partial charge in [-0.1, -0.05) is 6.07 Å². The van der Waals surface area contributed by atoms with Gasteiger partial charge < -0.3 is 16.4 Å². The summed E-state index contributed by atoms with van der Waals surface area (Å²) in [6, 6.07) is 5.97. The summed E-state index contributed by atoms with van der Waals surface area (Å²) in [6.07, 6.45) is 7.46. The van der Waals surface area contributed by atoms with Gasteiger partial charge in [-0.05, 0) is 54.2 Å². The molecule has 0 radical (unpaired) electrons. The van der Waals surface area contributed by atoms with Crippen LogP contribution in [0.1, 0.15) is 32.3 Å². The maximum Gasteiger partial charge on any atom is 0.301 e.